The molecule has 0 radical (unpaired) electrons. The normalized spacial score (nSPS) is 15.4. The molecule has 1 saturated heterocycles. The molecule has 0 aromatic heterocycles. The first-order valence-electron chi connectivity index (χ1n) is 12.7. The lowest BCUT2D eigenvalue weighted by Crippen LogP contribution is -2.46. The molecule has 36 heavy (non-hydrogen) atoms. The van der Waals surface area contributed by atoms with E-state index in [1.54, 1.807) is 12.1 Å². The van der Waals surface area contributed by atoms with Crippen molar-refractivity contribution in [3.05, 3.63) is 90.0 Å². The molecule has 3 aromatic carbocycles. The van der Waals surface area contributed by atoms with Gasteiger partial charge >= 0.3 is 0 Å². The SMILES string of the molecule is O=C(CCCC(=O)c1ccc(O)cc1)NC(CN1CCCC1)C(O)c1ccc(-c2ccccc2)cc1. The van der Waals surface area contributed by atoms with Crippen molar-refractivity contribution in [1.29, 1.82) is 0 Å². The average molecular weight is 487 g/mol. The van der Waals surface area contributed by atoms with Crippen molar-refractivity contribution in [1.82, 2.24) is 10.2 Å². The maximum Gasteiger partial charge on any atom is 0.220 e. The molecule has 1 aliphatic rings. The predicted molar refractivity (Wildman–Crippen MR) is 141 cm³/mol. The van der Waals surface area contributed by atoms with Crippen molar-refractivity contribution in [3.8, 4) is 16.9 Å². The number of Topliss-reactive ketones (excluding diaryl/α,β-unsaturated/α-hetero) is 1. The number of hydrogen-bond acceptors (Lipinski definition) is 5. The summed E-state index contributed by atoms with van der Waals surface area (Å²) in [4.78, 5) is 27.4. The number of amides is 1. The molecule has 0 spiro atoms. The molecule has 2 unspecified atom stereocenters. The summed E-state index contributed by atoms with van der Waals surface area (Å²) >= 11 is 0. The van der Waals surface area contributed by atoms with Crippen molar-refractivity contribution in [3.63, 3.8) is 0 Å². The molecule has 1 aliphatic heterocycles. The van der Waals surface area contributed by atoms with E-state index >= 15 is 0 Å². The molecule has 6 heteroatoms. The van der Waals surface area contributed by atoms with E-state index in [0.29, 0.717) is 18.5 Å². The monoisotopic (exact) mass is 486 g/mol. The highest BCUT2D eigenvalue weighted by atomic mass is 16.3. The van der Waals surface area contributed by atoms with Gasteiger partial charge in [0.25, 0.3) is 0 Å². The minimum absolute atomic E-state index is 0.0602. The smallest absolute Gasteiger partial charge is 0.220 e. The van der Waals surface area contributed by atoms with E-state index in [-0.39, 0.29) is 30.3 Å². The van der Waals surface area contributed by atoms with Crippen LogP contribution in [0, 0.1) is 0 Å². The summed E-state index contributed by atoms with van der Waals surface area (Å²) < 4.78 is 0. The number of phenols is 1. The maximum atomic E-state index is 12.8. The molecule has 0 aliphatic carbocycles. The van der Waals surface area contributed by atoms with Gasteiger partial charge in [0.15, 0.2) is 5.78 Å². The summed E-state index contributed by atoms with van der Waals surface area (Å²) in [5.74, 6) is -0.115. The third-order valence-electron chi connectivity index (χ3n) is 6.74. The molecule has 3 N–H and O–H groups in total. The molecule has 6 nitrogen and oxygen atoms in total. The van der Waals surface area contributed by atoms with Gasteiger partial charge in [0.2, 0.25) is 5.91 Å². The Hall–Kier alpha value is -3.48. The van der Waals surface area contributed by atoms with E-state index in [9.17, 15) is 19.8 Å². The molecule has 1 fully saturated rings. The Morgan fingerprint density at radius 1 is 0.833 bits per heavy atom. The Balaban J connectivity index is 1.36. The molecule has 188 valence electrons. The van der Waals surface area contributed by atoms with Gasteiger partial charge in [-0.15, -0.1) is 0 Å². The minimum atomic E-state index is -0.835. The van der Waals surface area contributed by atoms with Crippen LogP contribution in [0.1, 0.15) is 54.1 Å². The van der Waals surface area contributed by atoms with Crippen molar-refractivity contribution >= 4 is 11.7 Å². The number of ketones is 1. The molecule has 1 amide bonds. The number of carbonyl (C=O) groups is 2. The van der Waals surface area contributed by atoms with E-state index in [1.807, 2.05) is 54.6 Å². The van der Waals surface area contributed by atoms with Gasteiger partial charge in [0.1, 0.15) is 11.9 Å². The van der Waals surface area contributed by atoms with Crippen LogP contribution in [-0.4, -0.2) is 52.5 Å². The first-order chi connectivity index (χ1) is 17.5. The predicted octanol–water partition coefficient (Wildman–Crippen LogP) is 4.73. The second kappa shape index (κ2) is 12.5. The standard InChI is InChI=1S/C30H34N2O4/c33-26-17-15-24(16-18-26)28(34)9-6-10-29(35)31-27(21-32-19-4-5-20-32)30(36)25-13-11-23(12-14-25)22-7-2-1-3-8-22/h1-3,7-8,11-18,27,30,33,36H,4-6,9-10,19-21H2,(H,31,35). The van der Waals surface area contributed by atoms with Crippen molar-refractivity contribution in [2.24, 2.45) is 0 Å². The first kappa shape index (κ1) is 25.6. The number of likely N-dealkylation sites (tertiary alicyclic amines) is 1. The third kappa shape index (κ3) is 7.03. The molecular weight excluding hydrogens is 452 g/mol. The highest BCUT2D eigenvalue weighted by Crippen LogP contribution is 2.24. The van der Waals surface area contributed by atoms with E-state index in [0.717, 1.165) is 42.6 Å². The van der Waals surface area contributed by atoms with Gasteiger partial charge in [0, 0.05) is 24.9 Å². The first-order valence-corrected chi connectivity index (χ1v) is 12.7. The zero-order chi connectivity index (χ0) is 25.3. The number of rotatable bonds is 11. The van der Waals surface area contributed by atoms with Crippen LogP contribution >= 0.6 is 0 Å². The van der Waals surface area contributed by atoms with E-state index in [1.165, 1.54) is 12.1 Å². The summed E-state index contributed by atoms with van der Waals surface area (Å²) in [5, 5.41) is 23.6. The number of aliphatic hydroxyl groups is 1. The average Bonchev–Trinajstić information content (AvgIpc) is 3.42. The third-order valence-corrected chi connectivity index (χ3v) is 6.74. The topological polar surface area (TPSA) is 89.9 Å². The van der Waals surface area contributed by atoms with Gasteiger partial charge in [-0.3, -0.25) is 9.59 Å². The quantitative estimate of drug-likeness (QED) is 0.341. The van der Waals surface area contributed by atoms with Crippen LogP contribution in [0.5, 0.6) is 5.75 Å². The zero-order valence-electron chi connectivity index (χ0n) is 20.5. The van der Waals surface area contributed by atoms with Crippen molar-refractivity contribution in [2.75, 3.05) is 19.6 Å². The Labute approximate surface area is 212 Å². The van der Waals surface area contributed by atoms with Gasteiger partial charge < -0.3 is 20.4 Å². The van der Waals surface area contributed by atoms with Crippen LogP contribution in [0.25, 0.3) is 11.1 Å². The lowest BCUT2D eigenvalue weighted by Gasteiger charge is -2.29. The van der Waals surface area contributed by atoms with Gasteiger partial charge in [-0.2, -0.15) is 0 Å². The molecular formula is C30H34N2O4. The largest absolute Gasteiger partial charge is 0.508 e. The van der Waals surface area contributed by atoms with Crippen LogP contribution in [-0.2, 0) is 4.79 Å². The number of benzene rings is 3. The Bertz CT molecular complexity index is 1120. The number of aromatic hydroxyl groups is 1. The molecule has 0 saturated carbocycles. The lowest BCUT2D eigenvalue weighted by molar-refractivity contribution is -0.123. The number of phenolic OH excluding ortho intramolecular Hbond substituents is 1. The van der Waals surface area contributed by atoms with Crippen molar-refractivity contribution < 1.29 is 19.8 Å². The van der Waals surface area contributed by atoms with Gasteiger partial charge in [-0.1, -0.05) is 54.6 Å². The van der Waals surface area contributed by atoms with Crippen molar-refractivity contribution in [2.45, 2.75) is 44.2 Å². The zero-order valence-corrected chi connectivity index (χ0v) is 20.5. The van der Waals surface area contributed by atoms with Crippen LogP contribution in [0.3, 0.4) is 0 Å². The van der Waals surface area contributed by atoms with Gasteiger partial charge in [0.05, 0.1) is 6.04 Å². The molecule has 4 rings (SSSR count). The fraction of sp³-hybridized carbons (Fsp3) is 0.333. The Morgan fingerprint density at radius 3 is 2.14 bits per heavy atom. The fourth-order valence-electron chi connectivity index (χ4n) is 4.68. The molecule has 3 aromatic rings. The minimum Gasteiger partial charge on any atom is -0.508 e. The second-order valence-corrected chi connectivity index (χ2v) is 9.44. The van der Waals surface area contributed by atoms with E-state index in [4.69, 9.17) is 0 Å². The number of hydrogen-bond donors (Lipinski definition) is 3. The van der Waals surface area contributed by atoms with Crippen LogP contribution in [0.4, 0.5) is 0 Å². The summed E-state index contributed by atoms with van der Waals surface area (Å²) in [6.07, 6.45) is 2.30. The van der Waals surface area contributed by atoms with Crippen LogP contribution < -0.4 is 5.32 Å². The molecule has 2 atom stereocenters. The molecule has 1 heterocycles. The van der Waals surface area contributed by atoms with Gasteiger partial charge in [-0.25, -0.2) is 0 Å². The van der Waals surface area contributed by atoms with Gasteiger partial charge in [-0.05, 0) is 73.3 Å². The van der Waals surface area contributed by atoms with E-state index in [2.05, 4.69) is 10.2 Å². The molecule has 0 bridgehead atoms. The van der Waals surface area contributed by atoms with Crippen LogP contribution in [0.15, 0.2) is 78.9 Å². The number of nitrogens with one attached hydrogen (secondary N) is 1. The number of aliphatic hydroxyl groups excluding tert-OH is 1. The summed E-state index contributed by atoms with van der Waals surface area (Å²) in [6, 6.07) is 23.6. The summed E-state index contributed by atoms with van der Waals surface area (Å²) in [7, 11) is 0. The number of carbonyl (C=O) groups excluding carboxylic acids is 2. The Morgan fingerprint density at radius 2 is 1.47 bits per heavy atom. The summed E-state index contributed by atoms with van der Waals surface area (Å²) in [5.41, 5.74) is 3.48. The summed E-state index contributed by atoms with van der Waals surface area (Å²) in [6.45, 7) is 2.51. The lowest BCUT2D eigenvalue weighted by atomic mass is 9.98. The highest BCUT2D eigenvalue weighted by Gasteiger charge is 2.26. The fourth-order valence-corrected chi connectivity index (χ4v) is 4.68. The second-order valence-electron chi connectivity index (χ2n) is 9.44. The van der Waals surface area contributed by atoms with E-state index < -0.39 is 12.1 Å². The Kier molecular flexibility index (Phi) is 8.87. The maximum absolute atomic E-state index is 12.8. The highest BCUT2D eigenvalue weighted by molar-refractivity contribution is 5.96. The van der Waals surface area contributed by atoms with Crippen LogP contribution in [0.2, 0.25) is 0 Å². The number of nitrogens with zero attached hydrogens (tertiary/aromatic N) is 1.